The topological polar surface area (TPSA) is 99.1 Å². The number of carboxylic acid groups (broad SMARTS) is 1. The molecule has 0 spiro atoms. The lowest BCUT2D eigenvalue weighted by Crippen LogP contribution is -2.50. The summed E-state index contributed by atoms with van der Waals surface area (Å²) in [4.78, 5) is 36.8. The van der Waals surface area contributed by atoms with Crippen molar-refractivity contribution in [1.29, 1.82) is 0 Å². The molecule has 0 saturated carbocycles. The highest BCUT2D eigenvalue weighted by Crippen LogP contribution is 2.12. The van der Waals surface area contributed by atoms with E-state index < -0.39 is 18.1 Å². The third kappa shape index (κ3) is 31.3. The molecule has 0 heterocycles. The lowest BCUT2D eigenvalue weighted by atomic mass is 10.1. The van der Waals surface area contributed by atoms with Gasteiger partial charge in [-0.3, -0.25) is 9.59 Å². The first-order valence-corrected chi connectivity index (χ1v) is 19.7. The molecule has 0 aromatic carbocycles. The zero-order valence-electron chi connectivity index (χ0n) is 32.6. The zero-order chi connectivity index (χ0) is 37.1. The highest BCUT2D eigenvalue weighted by atomic mass is 16.6. The fourth-order valence-corrected chi connectivity index (χ4v) is 5.39. The van der Waals surface area contributed by atoms with Crippen molar-refractivity contribution >= 4 is 17.9 Å². The molecule has 50 heavy (non-hydrogen) atoms. The number of allylic oxidation sites excluding steroid dienone is 8. The normalized spacial score (nSPS) is 13.5. The van der Waals surface area contributed by atoms with Gasteiger partial charge in [0, 0.05) is 19.3 Å². The smallest absolute Gasteiger partial charge is 0.362 e. The largest absolute Gasteiger partial charge is 0.477 e. The van der Waals surface area contributed by atoms with Crippen molar-refractivity contribution in [2.75, 3.05) is 41.0 Å². The standard InChI is InChI=1S/C42H73NO7/c1-6-8-10-12-14-16-18-20-21-23-25-27-29-31-33-41(45)50-38(36-48-35-34-39(42(46)47)43(3,4)5)37-49-40(44)32-30-28-26-24-22-19-17-15-13-11-9-7-2/h8,10,14-17,20-21,38-39H,6-7,9,11-13,18-19,22-37H2,1-5H3/p+1/b10-8+,16-14+,17-15+,21-20+. The Labute approximate surface area is 306 Å². The number of aliphatic carboxylic acids is 1. The van der Waals surface area contributed by atoms with E-state index in [9.17, 15) is 19.5 Å². The summed E-state index contributed by atoms with van der Waals surface area (Å²) < 4.78 is 17.2. The molecule has 8 heteroatoms. The van der Waals surface area contributed by atoms with Gasteiger partial charge in [0.2, 0.25) is 0 Å². The molecular formula is C42H74NO7+. The van der Waals surface area contributed by atoms with Gasteiger partial charge in [-0.1, -0.05) is 107 Å². The first-order valence-electron chi connectivity index (χ1n) is 19.7. The lowest BCUT2D eigenvalue weighted by molar-refractivity contribution is -0.887. The lowest BCUT2D eigenvalue weighted by Gasteiger charge is -2.31. The van der Waals surface area contributed by atoms with Crippen molar-refractivity contribution in [3.63, 3.8) is 0 Å². The predicted molar refractivity (Wildman–Crippen MR) is 206 cm³/mol. The molecule has 0 saturated heterocycles. The number of ether oxygens (including phenoxy) is 3. The number of carboxylic acids is 1. The molecule has 0 amide bonds. The zero-order valence-corrected chi connectivity index (χ0v) is 32.6. The summed E-state index contributed by atoms with van der Waals surface area (Å²) >= 11 is 0. The van der Waals surface area contributed by atoms with Gasteiger partial charge in [-0.05, 0) is 70.6 Å². The van der Waals surface area contributed by atoms with Crippen LogP contribution in [-0.2, 0) is 28.6 Å². The van der Waals surface area contributed by atoms with Crippen molar-refractivity contribution in [3.8, 4) is 0 Å². The molecule has 0 bridgehead atoms. The number of unbranched alkanes of at least 4 members (excludes halogenated alkanes) is 12. The first-order chi connectivity index (χ1) is 24.1. The van der Waals surface area contributed by atoms with Crippen LogP contribution in [0.2, 0.25) is 0 Å². The van der Waals surface area contributed by atoms with Crippen LogP contribution in [0, 0.1) is 0 Å². The van der Waals surface area contributed by atoms with Gasteiger partial charge in [0.05, 0.1) is 34.4 Å². The monoisotopic (exact) mass is 705 g/mol. The van der Waals surface area contributed by atoms with E-state index in [1.807, 2.05) is 21.1 Å². The predicted octanol–water partition coefficient (Wildman–Crippen LogP) is 10.1. The number of carbonyl (C=O) groups excluding carboxylic acids is 2. The quantitative estimate of drug-likeness (QED) is 0.0308. The molecule has 0 aliphatic heterocycles. The van der Waals surface area contributed by atoms with Crippen LogP contribution in [0.4, 0.5) is 0 Å². The fraction of sp³-hybridized carbons (Fsp3) is 0.738. The summed E-state index contributed by atoms with van der Waals surface area (Å²) in [5.41, 5.74) is 0. The summed E-state index contributed by atoms with van der Waals surface area (Å²) in [6.45, 7) is 4.54. The second-order valence-electron chi connectivity index (χ2n) is 14.1. The highest BCUT2D eigenvalue weighted by Gasteiger charge is 2.31. The van der Waals surface area contributed by atoms with E-state index in [2.05, 4.69) is 62.5 Å². The van der Waals surface area contributed by atoms with E-state index in [0.29, 0.717) is 19.3 Å². The summed E-state index contributed by atoms with van der Waals surface area (Å²) in [5.74, 6) is -1.52. The molecule has 0 radical (unpaired) electrons. The molecule has 0 fully saturated rings. The number of hydrogen-bond donors (Lipinski definition) is 1. The van der Waals surface area contributed by atoms with E-state index in [-0.39, 0.29) is 36.2 Å². The average molecular weight is 705 g/mol. The molecule has 0 aliphatic rings. The van der Waals surface area contributed by atoms with Gasteiger partial charge < -0.3 is 23.8 Å². The van der Waals surface area contributed by atoms with Gasteiger partial charge in [-0.15, -0.1) is 0 Å². The van der Waals surface area contributed by atoms with E-state index in [0.717, 1.165) is 83.5 Å². The Kier molecular flexibility index (Phi) is 31.6. The van der Waals surface area contributed by atoms with Crippen molar-refractivity contribution in [1.82, 2.24) is 0 Å². The van der Waals surface area contributed by atoms with Crippen molar-refractivity contribution < 1.29 is 38.2 Å². The van der Waals surface area contributed by atoms with E-state index >= 15 is 0 Å². The third-order valence-electron chi connectivity index (χ3n) is 8.46. The summed E-state index contributed by atoms with van der Waals surface area (Å²) in [7, 11) is 5.50. The molecule has 0 aliphatic carbocycles. The number of carbonyl (C=O) groups is 3. The van der Waals surface area contributed by atoms with Crippen molar-refractivity contribution in [2.45, 2.75) is 161 Å². The van der Waals surface area contributed by atoms with Crippen molar-refractivity contribution in [3.05, 3.63) is 48.6 Å². The molecular weight excluding hydrogens is 630 g/mol. The second kappa shape index (κ2) is 33.4. The van der Waals surface area contributed by atoms with E-state index in [4.69, 9.17) is 14.2 Å². The number of esters is 2. The molecule has 0 aromatic heterocycles. The molecule has 288 valence electrons. The minimum absolute atomic E-state index is 0.0481. The maximum Gasteiger partial charge on any atom is 0.362 e. The third-order valence-corrected chi connectivity index (χ3v) is 8.46. The van der Waals surface area contributed by atoms with Crippen LogP contribution < -0.4 is 0 Å². The van der Waals surface area contributed by atoms with E-state index in [1.54, 1.807) is 0 Å². The van der Waals surface area contributed by atoms with Gasteiger partial charge in [0.25, 0.3) is 0 Å². The first kappa shape index (κ1) is 47.3. The van der Waals surface area contributed by atoms with Crippen LogP contribution in [0.3, 0.4) is 0 Å². The molecule has 1 N–H and O–H groups in total. The van der Waals surface area contributed by atoms with Crippen LogP contribution in [0.25, 0.3) is 0 Å². The highest BCUT2D eigenvalue weighted by molar-refractivity contribution is 5.72. The summed E-state index contributed by atoms with van der Waals surface area (Å²) in [5, 5.41) is 9.58. The van der Waals surface area contributed by atoms with Gasteiger partial charge in [-0.25, -0.2) is 4.79 Å². The van der Waals surface area contributed by atoms with Gasteiger partial charge in [0.15, 0.2) is 12.1 Å². The number of hydrogen-bond acceptors (Lipinski definition) is 6. The van der Waals surface area contributed by atoms with Crippen LogP contribution in [0.5, 0.6) is 0 Å². The molecule has 8 nitrogen and oxygen atoms in total. The van der Waals surface area contributed by atoms with E-state index in [1.165, 1.54) is 32.1 Å². The SMILES string of the molecule is CC/C=C/C/C=C/C/C=C/CCCCCCC(=O)OC(COCCC(C(=O)O)[N+](C)(C)C)COC(=O)CCCCCCC/C=C/CCCCC. The maximum atomic E-state index is 12.7. The Balaban J connectivity index is 4.47. The minimum Gasteiger partial charge on any atom is -0.477 e. The fourth-order valence-electron chi connectivity index (χ4n) is 5.39. The summed E-state index contributed by atoms with van der Waals surface area (Å²) in [6, 6.07) is -0.619. The number of nitrogens with zero attached hydrogens (tertiary/aromatic N) is 1. The van der Waals surface area contributed by atoms with Crippen LogP contribution in [-0.4, -0.2) is 80.6 Å². The second-order valence-corrected chi connectivity index (χ2v) is 14.1. The van der Waals surface area contributed by atoms with Gasteiger partial charge in [-0.2, -0.15) is 0 Å². The number of likely N-dealkylation sites (N-methyl/N-ethyl adjacent to an activating group) is 1. The minimum atomic E-state index is -0.883. The number of quaternary nitrogens is 1. The molecule has 0 rings (SSSR count). The maximum absolute atomic E-state index is 12.7. The van der Waals surface area contributed by atoms with Crippen molar-refractivity contribution in [2.24, 2.45) is 0 Å². The molecule has 2 atom stereocenters. The van der Waals surface area contributed by atoms with Gasteiger partial charge >= 0.3 is 17.9 Å². The summed E-state index contributed by atoms with van der Waals surface area (Å²) in [6.07, 6.45) is 37.2. The Hall–Kier alpha value is -2.71. The Morgan fingerprint density at radius 2 is 1.12 bits per heavy atom. The van der Waals surface area contributed by atoms with Crippen LogP contribution in [0.15, 0.2) is 48.6 Å². The van der Waals surface area contributed by atoms with Crippen LogP contribution in [0.1, 0.15) is 149 Å². The molecule has 0 aromatic rings. The number of rotatable bonds is 34. The average Bonchev–Trinajstić information content (AvgIpc) is 3.06. The Morgan fingerprint density at radius 1 is 0.620 bits per heavy atom. The molecule has 2 unspecified atom stereocenters. The van der Waals surface area contributed by atoms with Crippen LogP contribution >= 0.6 is 0 Å². The Morgan fingerprint density at radius 3 is 1.68 bits per heavy atom. The Bertz CT molecular complexity index is 964. The van der Waals surface area contributed by atoms with Gasteiger partial charge in [0.1, 0.15) is 6.61 Å².